The molecule has 2 bridgehead atoms. The van der Waals surface area contributed by atoms with Gasteiger partial charge in [0.1, 0.15) is 15.5 Å². The second-order valence-electron chi connectivity index (χ2n) is 6.29. The van der Waals surface area contributed by atoms with Gasteiger partial charge in [-0.25, -0.2) is 4.90 Å². The second-order valence-corrected chi connectivity index (χ2v) is 9.57. The van der Waals surface area contributed by atoms with Crippen LogP contribution in [0.5, 0.6) is 5.75 Å². The molecule has 1 aromatic rings. The van der Waals surface area contributed by atoms with E-state index in [-0.39, 0.29) is 10.1 Å². The Morgan fingerprint density at radius 3 is 1.92 bits per heavy atom. The van der Waals surface area contributed by atoms with Crippen LogP contribution in [-0.4, -0.2) is 33.0 Å². The van der Waals surface area contributed by atoms with Crippen LogP contribution < -0.4 is 9.64 Å². The van der Waals surface area contributed by atoms with Crippen LogP contribution in [0.4, 0.5) is 5.69 Å². The van der Waals surface area contributed by atoms with Gasteiger partial charge in [0.15, 0.2) is 4.33 Å². The lowest BCUT2D eigenvalue weighted by molar-refractivity contribution is -0.123. The summed E-state index contributed by atoms with van der Waals surface area (Å²) in [5.41, 5.74) is 0.315. The highest BCUT2D eigenvalue weighted by Gasteiger charge is 2.87. The summed E-state index contributed by atoms with van der Waals surface area (Å²) in [6.45, 7) is 0. The third-order valence-corrected chi connectivity index (χ3v) is 9.48. The first-order chi connectivity index (χ1) is 12.0. The lowest BCUT2D eigenvalue weighted by atomic mass is 9.84. The zero-order valence-corrected chi connectivity index (χ0v) is 17.4. The zero-order chi connectivity index (χ0) is 19.2. The maximum Gasteiger partial charge on any atom is 0.240 e. The van der Waals surface area contributed by atoms with Crippen molar-refractivity contribution in [2.24, 2.45) is 11.8 Å². The van der Waals surface area contributed by atoms with Crippen molar-refractivity contribution in [1.82, 2.24) is 0 Å². The predicted octanol–water partition coefficient (Wildman–Crippen LogP) is 4.65. The van der Waals surface area contributed by atoms with Crippen molar-refractivity contribution in [2.45, 2.75) is 14.1 Å². The second kappa shape index (κ2) is 5.59. The molecule has 0 aromatic heterocycles. The summed E-state index contributed by atoms with van der Waals surface area (Å²) in [5.74, 6) is -3.02. The van der Waals surface area contributed by atoms with E-state index in [1.165, 1.54) is 7.11 Å². The van der Waals surface area contributed by atoms with E-state index in [0.717, 1.165) is 4.90 Å². The van der Waals surface area contributed by atoms with E-state index in [2.05, 4.69) is 0 Å². The SMILES string of the molecule is COc1cccc(N2C(=O)[C@@H]3[C@@H](C2=O)[C@@]2(Cl)C(Cl)=C(Cl)[C@@]3(Cl)C2(Cl)Cl)c1. The number of fused-ring (bicyclic) bond motifs is 5. The van der Waals surface area contributed by atoms with Gasteiger partial charge in [0.05, 0.1) is 34.7 Å². The molecule has 138 valence electrons. The van der Waals surface area contributed by atoms with Crippen LogP contribution in [0.15, 0.2) is 34.3 Å². The Kier molecular flexibility index (Phi) is 4.08. The normalized spacial score (nSPS) is 37.6. The number of rotatable bonds is 2. The summed E-state index contributed by atoms with van der Waals surface area (Å²) in [6.07, 6.45) is 0. The molecule has 2 amide bonds. The number of methoxy groups -OCH3 is 1. The number of ether oxygens (including phenoxy) is 1. The quantitative estimate of drug-likeness (QED) is 0.462. The molecule has 4 atom stereocenters. The minimum absolute atomic E-state index is 0.115. The lowest BCUT2D eigenvalue weighted by Crippen LogP contribution is -2.50. The molecule has 1 aliphatic heterocycles. The molecule has 4 rings (SSSR count). The number of amides is 2. The number of halogens is 6. The van der Waals surface area contributed by atoms with Crippen molar-refractivity contribution in [1.29, 1.82) is 0 Å². The van der Waals surface area contributed by atoms with Crippen molar-refractivity contribution >= 4 is 87.1 Å². The number of allylic oxidation sites excluding steroid dienone is 2. The fraction of sp³-hybridized carbons (Fsp3) is 0.375. The maximum absolute atomic E-state index is 13.2. The summed E-state index contributed by atoms with van der Waals surface area (Å²) < 4.78 is 3.21. The van der Waals surface area contributed by atoms with Crippen molar-refractivity contribution in [3.63, 3.8) is 0 Å². The molecule has 1 saturated heterocycles. The van der Waals surface area contributed by atoms with Crippen LogP contribution in [0, 0.1) is 11.8 Å². The molecule has 4 nitrogen and oxygen atoms in total. The number of nitrogens with zero attached hydrogens (tertiary/aromatic N) is 1. The van der Waals surface area contributed by atoms with Crippen LogP contribution in [0.1, 0.15) is 0 Å². The molecule has 0 N–H and O–H groups in total. The van der Waals surface area contributed by atoms with Gasteiger partial charge in [-0.1, -0.05) is 52.5 Å². The smallest absolute Gasteiger partial charge is 0.240 e. The van der Waals surface area contributed by atoms with Crippen molar-refractivity contribution in [3.8, 4) is 5.75 Å². The van der Waals surface area contributed by atoms with E-state index in [9.17, 15) is 9.59 Å². The first kappa shape index (κ1) is 19.0. The molecule has 0 unspecified atom stereocenters. The van der Waals surface area contributed by atoms with Crippen LogP contribution in [0.2, 0.25) is 0 Å². The number of hydrogen-bond donors (Lipinski definition) is 0. The summed E-state index contributed by atoms with van der Waals surface area (Å²) in [7, 11) is 1.47. The molecule has 2 fully saturated rings. The minimum Gasteiger partial charge on any atom is -0.497 e. The summed E-state index contributed by atoms with van der Waals surface area (Å²) in [4.78, 5) is 23.7. The van der Waals surface area contributed by atoms with Gasteiger partial charge in [-0.3, -0.25) is 9.59 Å². The van der Waals surface area contributed by atoms with Crippen LogP contribution in [0.3, 0.4) is 0 Å². The van der Waals surface area contributed by atoms with E-state index in [1.54, 1.807) is 24.3 Å². The van der Waals surface area contributed by atoms with Gasteiger partial charge in [-0.15, -0.1) is 23.2 Å². The zero-order valence-electron chi connectivity index (χ0n) is 12.9. The lowest BCUT2D eigenvalue weighted by Gasteiger charge is -2.34. The van der Waals surface area contributed by atoms with Gasteiger partial charge in [0, 0.05) is 6.07 Å². The van der Waals surface area contributed by atoms with Gasteiger partial charge < -0.3 is 4.74 Å². The van der Waals surface area contributed by atoms with Crippen LogP contribution in [0.25, 0.3) is 0 Å². The maximum atomic E-state index is 13.2. The summed E-state index contributed by atoms with van der Waals surface area (Å²) >= 11 is 38.7. The third-order valence-electron chi connectivity index (χ3n) is 5.22. The Bertz CT molecular complexity index is 856. The average molecular weight is 476 g/mol. The molecule has 10 heteroatoms. The van der Waals surface area contributed by atoms with E-state index in [1.807, 2.05) is 0 Å². The van der Waals surface area contributed by atoms with Gasteiger partial charge >= 0.3 is 0 Å². The number of imide groups is 1. The molecular formula is C16H9Cl6NO3. The van der Waals surface area contributed by atoms with Crippen molar-refractivity contribution in [2.75, 3.05) is 12.0 Å². The number of carbonyl (C=O) groups is 2. The van der Waals surface area contributed by atoms with E-state index in [0.29, 0.717) is 11.4 Å². The third kappa shape index (κ3) is 1.82. The van der Waals surface area contributed by atoms with E-state index < -0.39 is 37.7 Å². The number of alkyl halides is 4. The number of hydrogen-bond acceptors (Lipinski definition) is 3. The first-order valence-corrected chi connectivity index (χ1v) is 9.65. The Labute approximate surface area is 178 Å². The van der Waals surface area contributed by atoms with E-state index in [4.69, 9.17) is 74.3 Å². The number of carbonyl (C=O) groups excluding carboxylic acids is 2. The molecule has 1 heterocycles. The summed E-state index contributed by atoms with van der Waals surface area (Å²) in [6, 6.07) is 6.47. The van der Waals surface area contributed by atoms with Gasteiger partial charge in [-0.2, -0.15) is 0 Å². The molecule has 0 spiro atoms. The highest BCUT2D eigenvalue weighted by Crippen LogP contribution is 2.77. The van der Waals surface area contributed by atoms with Crippen LogP contribution in [-0.2, 0) is 9.59 Å². The van der Waals surface area contributed by atoms with Gasteiger partial charge in [0.2, 0.25) is 11.8 Å². The number of anilines is 1. The Hall–Kier alpha value is -0.360. The van der Waals surface area contributed by atoms with E-state index >= 15 is 0 Å². The van der Waals surface area contributed by atoms with Gasteiger partial charge in [0.25, 0.3) is 0 Å². The average Bonchev–Trinajstić information content (AvgIpc) is 2.99. The Morgan fingerprint density at radius 2 is 1.46 bits per heavy atom. The molecule has 1 aromatic carbocycles. The Balaban J connectivity index is 1.89. The minimum atomic E-state index is -1.93. The largest absolute Gasteiger partial charge is 0.497 e. The van der Waals surface area contributed by atoms with Crippen LogP contribution >= 0.6 is 69.6 Å². The summed E-state index contributed by atoms with van der Waals surface area (Å²) in [5, 5.41) is -0.230. The van der Waals surface area contributed by atoms with Crippen molar-refractivity contribution < 1.29 is 14.3 Å². The molecule has 26 heavy (non-hydrogen) atoms. The molecule has 1 saturated carbocycles. The fourth-order valence-electron chi connectivity index (χ4n) is 4.00. The Morgan fingerprint density at radius 1 is 0.962 bits per heavy atom. The topological polar surface area (TPSA) is 46.6 Å². The monoisotopic (exact) mass is 473 g/mol. The molecule has 3 aliphatic rings. The molecule has 0 radical (unpaired) electrons. The fourth-order valence-corrected chi connectivity index (χ4v) is 6.93. The standard InChI is InChI=1S/C16H9Cl6NO3/c1-26-7-4-2-3-6(5-7)23-12(24)8-9(13(23)25)15(20)11(18)10(17)14(8,19)16(15,21)22/h2-5,8-9H,1H3/t8-,9-,14+,15+/m0/s1. The highest BCUT2D eigenvalue weighted by atomic mass is 35.5. The molecular weight excluding hydrogens is 467 g/mol. The number of benzene rings is 1. The molecule has 2 aliphatic carbocycles. The first-order valence-electron chi connectivity index (χ1n) is 7.38. The van der Waals surface area contributed by atoms with Crippen molar-refractivity contribution in [3.05, 3.63) is 34.3 Å². The predicted molar refractivity (Wildman–Crippen MR) is 103 cm³/mol. The van der Waals surface area contributed by atoms with Gasteiger partial charge in [-0.05, 0) is 12.1 Å². The highest BCUT2D eigenvalue weighted by molar-refractivity contribution is 6.67.